The zero-order chi connectivity index (χ0) is 15.4. The minimum Gasteiger partial charge on any atom is -0.321 e. The molecule has 0 bridgehead atoms. The lowest BCUT2D eigenvalue weighted by molar-refractivity contribution is 1.00. The summed E-state index contributed by atoms with van der Waals surface area (Å²) in [6, 6.07) is 17.9. The Hall–Kier alpha value is -2.70. The Labute approximate surface area is 132 Å². The summed E-state index contributed by atoms with van der Waals surface area (Å²) >= 11 is 1.63. The summed E-state index contributed by atoms with van der Waals surface area (Å²) in [6.45, 7) is 0. The number of hydrazine groups is 1. The topological polar surface area (TPSA) is 89.3 Å². The fraction of sp³-hybridized carbons (Fsp3) is 0. The molecule has 1 heterocycles. The van der Waals surface area contributed by atoms with E-state index in [2.05, 4.69) is 33.0 Å². The summed E-state index contributed by atoms with van der Waals surface area (Å²) in [6.07, 6.45) is 0. The molecule has 0 saturated carbocycles. The van der Waals surface area contributed by atoms with Crippen LogP contribution in [0.5, 0.6) is 0 Å². The van der Waals surface area contributed by atoms with Gasteiger partial charge in [0.05, 0.1) is 5.69 Å². The van der Waals surface area contributed by atoms with Crippen LogP contribution in [-0.2, 0) is 0 Å². The van der Waals surface area contributed by atoms with Gasteiger partial charge in [0, 0.05) is 22.1 Å². The van der Waals surface area contributed by atoms with Crippen LogP contribution in [0.3, 0.4) is 0 Å². The highest BCUT2D eigenvalue weighted by Gasteiger charge is 2.07. The van der Waals surface area contributed by atoms with Gasteiger partial charge in [0.15, 0.2) is 5.84 Å². The summed E-state index contributed by atoms with van der Waals surface area (Å²) < 4.78 is 0. The van der Waals surface area contributed by atoms with Gasteiger partial charge in [-0.05, 0) is 0 Å². The molecule has 0 aliphatic heterocycles. The molecular formula is C16H15N5S. The number of aromatic nitrogens is 1. The minimum absolute atomic E-state index is 0.440. The van der Waals surface area contributed by atoms with Gasteiger partial charge >= 0.3 is 0 Å². The maximum Gasteiger partial charge on any atom is 0.166 e. The van der Waals surface area contributed by atoms with Gasteiger partial charge in [-0.3, -0.25) is 0 Å². The normalized spacial score (nSPS) is 11.4. The van der Waals surface area contributed by atoms with Gasteiger partial charge in [-0.2, -0.15) is 5.10 Å². The number of benzene rings is 2. The van der Waals surface area contributed by atoms with Crippen LogP contribution >= 0.6 is 11.3 Å². The molecule has 0 spiro atoms. The molecule has 5 N–H and O–H groups in total. The van der Waals surface area contributed by atoms with Crippen LogP contribution in [0.15, 0.2) is 65.1 Å². The molecule has 0 fully saturated rings. The maximum atomic E-state index is 5.36. The number of hydrogen-bond donors (Lipinski definition) is 3. The quantitative estimate of drug-likeness (QED) is 0.300. The first-order valence-corrected chi connectivity index (χ1v) is 7.56. The molecule has 0 atom stereocenters. The summed E-state index contributed by atoms with van der Waals surface area (Å²) in [4.78, 5) is 4.69. The second kappa shape index (κ2) is 6.38. The van der Waals surface area contributed by atoms with Gasteiger partial charge in [0.1, 0.15) is 5.01 Å². The van der Waals surface area contributed by atoms with Crippen molar-refractivity contribution in [2.75, 3.05) is 0 Å². The van der Waals surface area contributed by atoms with Gasteiger partial charge in [-0.25, -0.2) is 10.8 Å². The number of amidine groups is 1. The molecule has 22 heavy (non-hydrogen) atoms. The molecule has 0 radical (unpaired) electrons. The number of rotatable bonds is 3. The van der Waals surface area contributed by atoms with Crippen LogP contribution in [0.4, 0.5) is 0 Å². The van der Waals surface area contributed by atoms with E-state index in [1.807, 2.05) is 42.5 Å². The minimum atomic E-state index is 0.440. The van der Waals surface area contributed by atoms with Crippen molar-refractivity contribution < 1.29 is 0 Å². The van der Waals surface area contributed by atoms with E-state index in [-0.39, 0.29) is 0 Å². The monoisotopic (exact) mass is 309 g/mol. The molecule has 5 nitrogen and oxygen atoms in total. The van der Waals surface area contributed by atoms with Gasteiger partial charge in [0.2, 0.25) is 0 Å². The zero-order valence-electron chi connectivity index (χ0n) is 11.7. The third-order valence-electron chi connectivity index (χ3n) is 3.24. The Morgan fingerprint density at radius 2 is 1.73 bits per heavy atom. The predicted molar refractivity (Wildman–Crippen MR) is 91.0 cm³/mol. The number of hydrogen-bond acceptors (Lipinski definition) is 5. The number of thiazole rings is 1. The first-order chi connectivity index (χ1) is 10.8. The molecule has 0 saturated heterocycles. The molecule has 0 unspecified atom stereocenters. The molecule has 1 aromatic heterocycles. The summed E-state index contributed by atoms with van der Waals surface area (Å²) in [5.74, 6) is 11.1. The molecular weight excluding hydrogens is 294 g/mol. The van der Waals surface area contributed by atoms with Crippen LogP contribution in [0.25, 0.3) is 21.8 Å². The largest absolute Gasteiger partial charge is 0.321 e. The van der Waals surface area contributed by atoms with Crippen LogP contribution in [0.1, 0.15) is 5.56 Å². The van der Waals surface area contributed by atoms with E-state index in [1.54, 1.807) is 11.3 Å². The fourth-order valence-corrected chi connectivity index (χ4v) is 2.95. The van der Waals surface area contributed by atoms with Crippen molar-refractivity contribution in [3.8, 4) is 21.8 Å². The first-order valence-electron chi connectivity index (χ1n) is 6.68. The Bertz CT molecular complexity index is 778. The zero-order valence-corrected chi connectivity index (χ0v) is 12.5. The van der Waals surface area contributed by atoms with Crippen molar-refractivity contribution in [3.63, 3.8) is 0 Å². The van der Waals surface area contributed by atoms with Gasteiger partial charge in [-0.1, -0.05) is 54.6 Å². The second-order valence-electron chi connectivity index (χ2n) is 4.60. The molecule has 2 aromatic carbocycles. The predicted octanol–water partition coefficient (Wildman–Crippen LogP) is 2.56. The van der Waals surface area contributed by atoms with Crippen LogP contribution < -0.4 is 17.1 Å². The Kier molecular flexibility index (Phi) is 4.13. The SMILES string of the molecule is N/N=C(\NN)c1ccc(-c2csc(-c3ccccc3)n2)cc1. The van der Waals surface area contributed by atoms with E-state index in [9.17, 15) is 0 Å². The van der Waals surface area contributed by atoms with Crippen molar-refractivity contribution in [2.45, 2.75) is 0 Å². The van der Waals surface area contributed by atoms with Crippen LogP contribution in [0, 0.1) is 0 Å². The van der Waals surface area contributed by atoms with Crippen molar-refractivity contribution in [1.29, 1.82) is 0 Å². The average molecular weight is 309 g/mol. The third kappa shape index (κ3) is 2.83. The third-order valence-corrected chi connectivity index (χ3v) is 4.14. The van der Waals surface area contributed by atoms with E-state index in [4.69, 9.17) is 11.7 Å². The van der Waals surface area contributed by atoms with Gasteiger partial charge < -0.3 is 11.3 Å². The van der Waals surface area contributed by atoms with Crippen molar-refractivity contribution >= 4 is 17.2 Å². The van der Waals surface area contributed by atoms with Gasteiger partial charge in [0.25, 0.3) is 0 Å². The number of hydrazone groups is 1. The molecule has 3 aromatic rings. The summed E-state index contributed by atoms with van der Waals surface area (Å²) in [5.41, 5.74) is 6.40. The van der Waals surface area contributed by atoms with Crippen molar-refractivity contribution in [3.05, 3.63) is 65.5 Å². The molecule has 0 amide bonds. The molecule has 6 heteroatoms. The summed E-state index contributed by atoms with van der Waals surface area (Å²) in [7, 11) is 0. The standard InChI is InChI=1S/C16H15N5S/c17-20-15(21-18)12-8-6-11(7-9-12)14-10-22-16(19-14)13-4-2-1-3-5-13/h1-10H,17-18H2,(H,20,21). The Balaban J connectivity index is 1.88. The highest BCUT2D eigenvalue weighted by molar-refractivity contribution is 7.13. The average Bonchev–Trinajstić information content (AvgIpc) is 3.07. The van der Waals surface area contributed by atoms with E-state index < -0.39 is 0 Å². The van der Waals surface area contributed by atoms with E-state index in [1.165, 1.54) is 0 Å². The smallest absolute Gasteiger partial charge is 0.166 e. The van der Waals surface area contributed by atoms with E-state index in [0.29, 0.717) is 5.84 Å². The molecule has 0 aliphatic carbocycles. The molecule has 0 aliphatic rings. The lowest BCUT2D eigenvalue weighted by Crippen LogP contribution is -2.31. The molecule has 110 valence electrons. The van der Waals surface area contributed by atoms with E-state index in [0.717, 1.165) is 27.4 Å². The van der Waals surface area contributed by atoms with Crippen molar-refractivity contribution in [2.24, 2.45) is 16.8 Å². The Morgan fingerprint density at radius 3 is 2.36 bits per heavy atom. The first kappa shape index (κ1) is 14.2. The maximum absolute atomic E-state index is 5.36. The Morgan fingerprint density at radius 1 is 1.00 bits per heavy atom. The lowest BCUT2D eigenvalue weighted by Gasteiger charge is -2.04. The fourth-order valence-electron chi connectivity index (χ4n) is 2.11. The number of nitrogens with zero attached hydrogens (tertiary/aromatic N) is 2. The number of nitrogens with two attached hydrogens (primary N) is 2. The number of nitrogens with one attached hydrogen (secondary N) is 1. The highest BCUT2D eigenvalue weighted by atomic mass is 32.1. The lowest BCUT2D eigenvalue weighted by atomic mass is 10.1. The molecule has 3 rings (SSSR count). The second-order valence-corrected chi connectivity index (χ2v) is 5.46. The van der Waals surface area contributed by atoms with Crippen LogP contribution in [0.2, 0.25) is 0 Å². The highest BCUT2D eigenvalue weighted by Crippen LogP contribution is 2.28. The van der Waals surface area contributed by atoms with E-state index >= 15 is 0 Å². The van der Waals surface area contributed by atoms with Crippen molar-refractivity contribution in [1.82, 2.24) is 10.4 Å². The van der Waals surface area contributed by atoms with Gasteiger partial charge in [-0.15, -0.1) is 11.3 Å². The summed E-state index contributed by atoms with van der Waals surface area (Å²) in [5, 5.41) is 6.65. The van der Waals surface area contributed by atoms with Crippen LogP contribution in [-0.4, -0.2) is 10.8 Å².